The van der Waals surface area contributed by atoms with Crippen molar-refractivity contribution < 1.29 is 14.0 Å². The second kappa shape index (κ2) is 5.62. The Labute approximate surface area is 137 Å². The number of methoxy groups -OCH3 is 1. The van der Waals surface area contributed by atoms with E-state index in [0.717, 1.165) is 17.0 Å². The molecule has 2 heterocycles. The van der Waals surface area contributed by atoms with Crippen LogP contribution in [-0.4, -0.2) is 35.4 Å². The van der Waals surface area contributed by atoms with Crippen molar-refractivity contribution in [3.63, 3.8) is 0 Å². The molecule has 5 nitrogen and oxygen atoms in total. The SMILES string of the molecule is COc1cccc(-c2cncc(B3OC(C)(C)C(C)(C)O3)n2)c1. The van der Waals surface area contributed by atoms with Gasteiger partial charge in [-0.05, 0) is 39.8 Å². The largest absolute Gasteiger partial charge is 0.516 e. The topological polar surface area (TPSA) is 53.5 Å². The third-order valence-corrected chi connectivity index (χ3v) is 4.51. The van der Waals surface area contributed by atoms with E-state index in [4.69, 9.17) is 14.0 Å². The van der Waals surface area contributed by atoms with Crippen molar-refractivity contribution in [2.75, 3.05) is 7.11 Å². The maximum absolute atomic E-state index is 6.04. The second-order valence-corrected chi connectivity index (χ2v) is 6.65. The van der Waals surface area contributed by atoms with Crippen molar-refractivity contribution in [2.24, 2.45) is 0 Å². The molecule has 1 fully saturated rings. The Kier molecular flexibility index (Phi) is 3.90. The molecule has 0 saturated carbocycles. The van der Waals surface area contributed by atoms with Crippen LogP contribution in [-0.2, 0) is 9.31 Å². The predicted molar refractivity (Wildman–Crippen MR) is 89.7 cm³/mol. The average Bonchev–Trinajstić information content (AvgIpc) is 2.76. The molecule has 1 aliphatic heterocycles. The first-order valence-electron chi connectivity index (χ1n) is 7.64. The summed E-state index contributed by atoms with van der Waals surface area (Å²) in [5, 5.41) is 0. The van der Waals surface area contributed by atoms with Crippen molar-refractivity contribution in [3.8, 4) is 17.0 Å². The summed E-state index contributed by atoms with van der Waals surface area (Å²) in [6.45, 7) is 8.08. The van der Waals surface area contributed by atoms with Crippen LogP contribution >= 0.6 is 0 Å². The molecule has 0 N–H and O–H groups in total. The van der Waals surface area contributed by atoms with E-state index in [1.807, 2.05) is 52.0 Å². The highest BCUT2D eigenvalue weighted by Gasteiger charge is 2.52. The molecule has 0 amide bonds. The van der Waals surface area contributed by atoms with E-state index in [9.17, 15) is 0 Å². The first-order chi connectivity index (χ1) is 10.8. The molecule has 1 saturated heterocycles. The molecule has 1 aliphatic rings. The molecule has 6 heteroatoms. The molecule has 3 rings (SSSR count). The molecule has 0 unspecified atom stereocenters. The number of rotatable bonds is 3. The number of hydrogen-bond donors (Lipinski definition) is 0. The lowest BCUT2D eigenvalue weighted by molar-refractivity contribution is 0.00578. The van der Waals surface area contributed by atoms with E-state index in [1.165, 1.54) is 0 Å². The number of nitrogens with zero attached hydrogens (tertiary/aromatic N) is 2. The lowest BCUT2D eigenvalue weighted by Gasteiger charge is -2.32. The van der Waals surface area contributed by atoms with Crippen LogP contribution < -0.4 is 10.3 Å². The van der Waals surface area contributed by atoms with Crippen LogP contribution in [0.2, 0.25) is 0 Å². The normalized spacial score (nSPS) is 18.9. The molecule has 1 aromatic heterocycles. The van der Waals surface area contributed by atoms with E-state index in [2.05, 4.69) is 9.97 Å². The maximum Gasteiger partial charge on any atom is 0.516 e. The lowest BCUT2D eigenvalue weighted by atomic mass is 9.85. The lowest BCUT2D eigenvalue weighted by Crippen LogP contribution is -2.41. The molecule has 0 radical (unpaired) electrons. The van der Waals surface area contributed by atoms with Gasteiger partial charge in [-0.1, -0.05) is 12.1 Å². The number of benzene rings is 1. The van der Waals surface area contributed by atoms with Crippen molar-refractivity contribution >= 4 is 12.7 Å². The van der Waals surface area contributed by atoms with Gasteiger partial charge in [-0.15, -0.1) is 0 Å². The Morgan fingerprint density at radius 1 is 1.04 bits per heavy atom. The fourth-order valence-corrected chi connectivity index (χ4v) is 2.38. The highest BCUT2D eigenvalue weighted by molar-refractivity contribution is 6.61. The summed E-state index contributed by atoms with van der Waals surface area (Å²) in [4.78, 5) is 8.96. The maximum atomic E-state index is 6.04. The van der Waals surface area contributed by atoms with Gasteiger partial charge in [-0.3, -0.25) is 9.97 Å². The van der Waals surface area contributed by atoms with Crippen LogP contribution in [0, 0.1) is 0 Å². The van der Waals surface area contributed by atoms with E-state index in [1.54, 1.807) is 19.5 Å². The Balaban J connectivity index is 1.92. The van der Waals surface area contributed by atoms with Crippen molar-refractivity contribution in [1.82, 2.24) is 9.97 Å². The van der Waals surface area contributed by atoms with Gasteiger partial charge in [0.2, 0.25) is 0 Å². The molecule has 0 bridgehead atoms. The third-order valence-electron chi connectivity index (χ3n) is 4.51. The van der Waals surface area contributed by atoms with E-state index in [0.29, 0.717) is 5.59 Å². The molecule has 0 atom stereocenters. The summed E-state index contributed by atoms with van der Waals surface area (Å²) in [7, 11) is 1.13. The van der Waals surface area contributed by atoms with Gasteiger partial charge < -0.3 is 14.0 Å². The molecule has 0 spiro atoms. The Morgan fingerprint density at radius 2 is 1.74 bits per heavy atom. The molecule has 2 aromatic rings. The predicted octanol–water partition coefficient (Wildman–Crippen LogP) is 2.45. The summed E-state index contributed by atoms with van der Waals surface area (Å²) in [5.41, 5.74) is 1.58. The van der Waals surface area contributed by atoms with Crippen LogP contribution in [0.4, 0.5) is 0 Å². The van der Waals surface area contributed by atoms with Gasteiger partial charge in [0, 0.05) is 11.8 Å². The molecular formula is C17H21BN2O3. The van der Waals surface area contributed by atoms with Gasteiger partial charge in [-0.25, -0.2) is 0 Å². The highest BCUT2D eigenvalue weighted by atomic mass is 16.7. The van der Waals surface area contributed by atoms with E-state index in [-0.39, 0.29) is 0 Å². The summed E-state index contributed by atoms with van der Waals surface area (Å²) in [5.74, 6) is 0.783. The average molecular weight is 312 g/mol. The van der Waals surface area contributed by atoms with E-state index < -0.39 is 18.3 Å². The van der Waals surface area contributed by atoms with Gasteiger partial charge in [0.25, 0.3) is 0 Å². The highest BCUT2D eigenvalue weighted by Crippen LogP contribution is 2.36. The number of ether oxygens (including phenoxy) is 1. The quantitative estimate of drug-likeness (QED) is 0.815. The van der Waals surface area contributed by atoms with Crippen LogP contribution in [0.1, 0.15) is 27.7 Å². The number of aromatic nitrogens is 2. The summed E-state index contributed by atoms with van der Waals surface area (Å²) in [6.07, 6.45) is 3.41. The minimum absolute atomic E-state index is 0.398. The van der Waals surface area contributed by atoms with E-state index >= 15 is 0 Å². The van der Waals surface area contributed by atoms with Crippen LogP contribution in [0.15, 0.2) is 36.7 Å². The fourth-order valence-electron chi connectivity index (χ4n) is 2.38. The zero-order chi connectivity index (χ0) is 16.7. The molecule has 120 valence electrons. The van der Waals surface area contributed by atoms with Gasteiger partial charge in [-0.2, -0.15) is 0 Å². The standard InChI is InChI=1S/C17H21BN2O3/c1-16(2)17(3,4)23-18(22-16)15-11-19-10-14(20-15)12-7-6-8-13(9-12)21-5/h6-11H,1-5H3. The third kappa shape index (κ3) is 2.96. The van der Waals surface area contributed by atoms with Gasteiger partial charge in [0.15, 0.2) is 0 Å². The number of hydrogen-bond acceptors (Lipinski definition) is 5. The molecular weight excluding hydrogens is 291 g/mol. The van der Waals surface area contributed by atoms with Gasteiger partial charge in [0.05, 0.1) is 35.8 Å². The van der Waals surface area contributed by atoms with Crippen molar-refractivity contribution in [1.29, 1.82) is 0 Å². The fraction of sp³-hybridized carbons (Fsp3) is 0.412. The first kappa shape index (κ1) is 16.0. The minimum atomic E-state index is -0.516. The Bertz CT molecular complexity index is 702. The smallest absolute Gasteiger partial charge is 0.497 e. The summed E-state index contributed by atoms with van der Waals surface area (Å²) >= 11 is 0. The zero-order valence-electron chi connectivity index (χ0n) is 14.2. The summed E-state index contributed by atoms with van der Waals surface area (Å²) < 4.78 is 17.3. The molecule has 23 heavy (non-hydrogen) atoms. The first-order valence-corrected chi connectivity index (χ1v) is 7.64. The summed E-state index contributed by atoms with van der Waals surface area (Å²) in [6, 6.07) is 7.73. The minimum Gasteiger partial charge on any atom is -0.497 e. The van der Waals surface area contributed by atoms with Crippen LogP contribution in [0.3, 0.4) is 0 Å². The second-order valence-electron chi connectivity index (χ2n) is 6.65. The van der Waals surface area contributed by atoms with Gasteiger partial charge in [0.1, 0.15) is 5.75 Å². The molecule has 1 aromatic carbocycles. The van der Waals surface area contributed by atoms with Crippen LogP contribution in [0.25, 0.3) is 11.3 Å². The van der Waals surface area contributed by atoms with Crippen molar-refractivity contribution in [2.45, 2.75) is 38.9 Å². The zero-order valence-corrected chi connectivity index (χ0v) is 14.2. The van der Waals surface area contributed by atoms with Crippen molar-refractivity contribution in [3.05, 3.63) is 36.7 Å². The van der Waals surface area contributed by atoms with Gasteiger partial charge >= 0.3 is 7.12 Å². The van der Waals surface area contributed by atoms with Crippen LogP contribution in [0.5, 0.6) is 5.75 Å². The Hall–Kier alpha value is -1.92. The Morgan fingerprint density at radius 3 is 2.39 bits per heavy atom. The molecule has 0 aliphatic carbocycles. The monoisotopic (exact) mass is 312 g/mol.